The van der Waals surface area contributed by atoms with Gasteiger partial charge in [-0.1, -0.05) is 6.92 Å². The van der Waals surface area contributed by atoms with Gasteiger partial charge < -0.3 is 10.1 Å². The molecule has 2 rings (SSSR count). The minimum absolute atomic E-state index is 0.271. The molecule has 1 aliphatic rings. The van der Waals surface area contributed by atoms with Crippen LogP contribution in [0, 0.1) is 0 Å². The van der Waals surface area contributed by atoms with Crippen LogP contribution in [-0.2, 0) is 0 Å². The van der Waals surface area contributed by atoms with Crippen LogP contribution < -0.4 is 10.1 Å². The lowest BCUT2D eigenvalue weighted by Gasteiger charge is -2.36. The van der Waals surface area contributed by atoms with Gasteiger partial charge in [0.15, 0.2) is 5.75 Å². The van der Waals surface area contributed by atoms with Crippen LogP contribution in [0.4, 0.5) is 0 Å². The number of nitrogens with zero attached hydrogens (tertiary/aromatic N) is 2. The zero-order valence-corrected chi connectivity index (χ0v) is 15.3. The molecule has 0 aliphatic carbocycles. The van der Waals surface area contributed by atoms with Crippen molar-refractivity contribution in [2.45, 2.75) is 49.8 Å². The Morgan fingerprint density at radius 1 is 1.43 bits per heavy atom. The van der Waals surface area contributed by atoms with Crippen molar-refractivity contribution in [3.63, 3.8) is 0 Å². The van der Waals surface area contributed by atoms with Crippen molar-refractivity contribution < 1.29 is 4.74 Å². The summed E-state index contributed by atoms with van der Waals surface area (Å²) in [6.07, 6.45) is 3.06. The molecule has 4 nitrogen and oxygen atoms in total. The van der Waals surface area contributed by atoms with E-state index >= 15 is 0 Å². The predicted octanol–water partition coefficient (Wildman–Crippen LogP) is 3.36. The maximum absolute atomic E-state index is 5.58. The largest absolute Gasteiger partial charge is 0.493 e. The summed E-state index contributed by atoms with van der Waals surface area (Å²) in [6.45, 7) is 6.63. The predicted molar refractivity (Wildman–Crippen MR) is 93.7 cm³/mol. The summed E-state index contributed by atoms with van der Waals surface area (Å²) in [4.78, 5) is 0. The SMILES string of the molecule is CCC1SCCSC1C(NC)c1c(OC)cnn1C(C)C. The minimum Gasteiger partial charge on any atom is -0.493 e. The Kier molecular flexibility index (Phi) is 6.32. The first-order valence-electron chi connectivity index (χ1n) is 7.65. The fourth-order valence-electron chi connectivity index (χ4n) is 2.92. The lowest BCUT2D eigenvalue weighted by molar-refractivity contribution is 0.384. The number of hydrogen-bond acceptors (Lipinski definition) is 5. The van der Waals surface area contributed by atoms with E-state index in [0.29, 0.717) is 16.5 Å². The van der Waals surface area contributed by atoms with Crippen LogP contribution in [0.3, 0.4) is 0 Å². The van der Waals surface area contributed by atoms with Gasteiger partial charge in [-0.2, -0.15) is 28.6 Å². The Labute approximate surface area is 136 Å². The molecule has 6 heteroatoms. The normalized spacial score (nSPS) is 24.3. The molecular weight excluding hydrogens is 302 g/mol. The fourth-order valence-corrected chi connectivity index (χ4v) is 6.19. The van der Waals surface area contributed by atoms with Crippen LogP contribution in [-0.4, -0.2) is 45.9 Å². The summed E-state index contributed by atoms with van der Waals surface area (Å²) >= 11 is 4.20. The van der Waals surface area contributed by atoms with Gasteiger partial charge in [-0.25, -0.2) is 0 Å². The highest BCUT2D eigenvalue weighted by Crippen LogP contribution is 2.42. The minimum atomic E-state index is 0.271. The molecule has 1 saturated heterocycles. The second-order valence-electron chi connectivity index (χ2n) is 5.56. The standard InChI is InChI=1S/C15H27N3OS2/c1-6-12-15(21-8-7-20-12)13(16-4)14-11(19-5)9-17-18(14)10(2)3/h9-10,12-13,15-16H,6-8H2,1-5H3. The maximum Gasteiger partial charge on any atom is 0.161 e. The van der Waals surface area contributed by atoms with Crippen molar-refractivity contribution in [1.82, 2.24) is 15.1 Å². The Balaban J connectivity index is 2.38. The Morgan fingerprint density at radius 2 is 2.14 bits per heavy atom. The molecule has 0 bridgehead atoms. The lowest BCUT2D eigenvalue weighted by Crippen LogP contribution is -2.38. The van der Waals surface area contributed by atoms with Gasteiger partial charge in [-0.3, -0.25) is 4.68 Å². The van der Waals surface area contributed by atoms with Crippen molar-refractivity contribution in [3.8, 4) is 5.75 Å². The summed E-state index contributed by atoms with van der Waals surface area (Å²) < 4.78 is 7.68. The van der Waals surface area contributed by atoms with E-state index < -0.39 is 0 Å². The Hall–Kier alpha value is -0.330. The van der Waals surface area contributed by atoms with Crippen molar-refractivity contribution >= 4 is 23.5 Å². The highest BCUT2D eigenvalue weighted by molar-refractivity contribution is 8.07. The summed E-state index contributed by atoms with van der Waals surface area (Å²) in [5.74, 6) is 3.38. The fraction of sp³-hybridized carbons (Fsp3) is 0.800. The van der Waals surface area contributed by atoms with E-state index in [2.05, 4.69) is 59.4 Å². The second kappa shape index (κ2) is 7.79. The van der Waals surface area contributed by atoms with E-state index in [1.54, 1.807) is 7.11 Å². The van der Waals surface area contributed by atoms with Gasteiger partial charge in [0.05, 0.1) is 25.0 Å². The highest BCUT2D eigenvalue weighted by Gasteiger charge is 2.36. The third-order valence-electron chi connectivity index (χ3n) is 3.94. The van der Waals surface area contributed by atoms with Gasteiger partial charge in [0, 0.05) is 28.0 Å². The number of rotatable bonds is 6. The second-order valence-corrected chi connectivity index (χ2v) is 8.19. The molecule has 0 radical (unpaired) electrons. The van der Waals surface area contributed by atoms with Crippen LogP contribution >= 0.6 is 23.5 Å². The van der Waals surface area contributed by atoms with E-state index in [0.717, 1.165) is 5.75 Å². The van der Waals surface area contributed by atoms with Crippen molar-refractivity contribution in [2.75, 3.05) is 25.7 Å². The first-order chi connectivity index (χ1) is 10.1. The summed E-state index contributed by atoms with van der Waals surface area (Å²) in [6, 6.07) is 0.605. The van der Waals surface area contributed by atoms with Gasteiger partial charge >= 0.3 is 0 Å². The van der Waals surface area contributed by atoms with Crippen molar-refractivity contribution in [1.29, 1.82) is 0 Å². The average Bonchev–Trinajstić information content (AvgIpc) is 2.92. The lowest BCUT2D eigenvalue weighted by atomic mass is 10.0. The number of aromatic nitrogens is 2. The van der Waals surface area contributed by atoms with Gasteiger partial charge in [0.1, 0.15) is 0 Å². The van der Waals surface area contributed by atoms with E-state index in [9.17, 15) is 0 Å². The first kappa shape index (κ1) is 17.0. The van der Waals surface area contributed by atoms with Crippen LogP contribution in [0.5, 0.6) is 5.75 Å². The molecule has 1 aromatic heterocycles. The summed E-state index contributed by atoms with van der Waals surface area (Å²) in [5.41, 5.74) is 1.19. The zero-order chi connectivity index (χ0) is 15.4. The highest BCUT2D eigenvalue weighted by atomic mass is 32.2. The summed E-state index contributed by atoms with van der Waals surface area (Å²) in [7, 11) is 3.78. The topological polar surface area (TPSA) is 39.1 Å². The molecule has 0 saturated carbocycles. The molecule has 0 spiro atoms. The zero-order valence-electron chi connectivity index (χ0n) is 13.6. The van der Waals surface area contributed by atoms with Gasteiger partial charge in [0.25, 0.3) is 0 Å². The van der Waals surface area contributed by atoms with Gasteiger partial charge in [0.2, 0.25) is 0 Å². The number of thioether (sulfide) groups is 2. The summed E-state index contributed by atoms with van der Waals surface area (Å²) in [5, 5.41) is 9.31. The van der Waals surface area contributed by atoms with Crippen LogP contribution in [0.15, 0.2) is 6.20 Å². The molecule has 1 fully saturated rings. The molecule has 1 N–H and O–H groups in total. The van der Waals surface area contributed by atoms with Crippen LogP contribution in [0.2, 0.25) is 0 Å². The van der Waals surface area contributed by atoms with E-state index in [1.165, 1.54) is 23.6 Å². The molecule has 1 aromatic rings. The Morgan fingerprint density at radius 3 is 2.71 bits per heavy atom. The van der Waals surface area contributed by atoms with Crippen LogP contribution in [0.1, 0.15) is 45.0 Å². The van der Waals surface area contributed by atoms with Crippen molar-refractivity contribution in [2.24, 2.45) is 0 Å². The van der Waals surface area contributed by atoms with E-state index in [-0.39, 0.29) is 6.04 Å². The van der Waals surface area contributed by atoms with Crippen molar-refractivity contribution in [3.05, 3.63) is 11.9 Å². The molecule has 2 heterocycles. The molecular formula is C15H27N3OS2. The van der Waals surface area contributed by atoms with Gasteiger partial charge in [-0.15, -0.1) is 0 Å². The molecule has 1 aliphatic heterocycles. The smallest absolute Gasteiger partial charge is 0.161 e. The van der Waals surface area contributed by atoms with Crippen LogP contribution in [0.25, 0.3) is 0 Å². The number of hydrogen-bond donors (Lipinski definition) is 1. The molecule has 120 valence electrons. The molecule has 3 unspecified atom stereocenters. The van der Waals surface area contributed by atoms with Gasteiger partial charge in [-0.05, 0) is 27.3 Å². The van der Waals surface area contributed by atoms with E-state index in [4.69, 9.17) is 4.74 Å². The average molecular weight is 330 g/mol. The maximum atomic E-state index is 5.58. The molecule has 3 atom stereocenters. The third-order valence-corrected chi connectivity index (χ3v) is 7.29. The first-order valence-corrected chi connectivity index (χ1v) is 9.75. The quantitative estimate of drug-likeness (QED) is 0.866. The number of methoxy groups -OCH3 is 1. The molecule has 0 amide bonds. The monoisotopic (exact) mass is 329 g/mol. The third kappa shape index (κ3) is 3.54. The molecule has 0 aromatic carbocycles. The number of nitrogens with one attached hydrogen (secondary N) is 1. The van der Waals surface area contributed by atoms with E-state index in [1.807, 2.05) is 13.2 Å². The number of ether oxygens (including phenoxy) is 1. The Bertz CT molecular complexity index is 450. The molecule has 21 heavy (non-hydrogen) atoms.